The molecule has 1 atom stereocenters. The third-order valence-corrected chi connectivity index (χ3v) is 4.31. The van der Waals surface area contributed by atoms with E-state index in [1.165, 1.54) is 6.07 Å². The van der Waals surface area contributed by atoms with Gasteiger partial charge in [-0.05, 0) is 25.2 Å². The quantitative estimate of drug-likeness (QED) is 0.392. The molecule has 1 amide bonds. The molecule has 1 aromatic rings. The third-order valence-electron chi connectivity index (χ3n) is 3.08. The molecule has 0 saturated carbocycles. The van der Waals surface area contributed by atoms with E-state index in [0.717, 1.165) is 18.6 Å². The average Bonchev–Trinajstić information content (AvgIpc) is 2.51. The maximum atomic E-state index is 11.9. The molecule has 22 heavy (non-hydrogen) atoms. The zero-order valence-corrected chi connectivity index (χ0v) is 13.8. The smallest absolute Gasteiger partial charge is 0.292 e. The van der Waals surface area contributed by atoms with Gasteiger partial charge >= 0.3 is 0 Å². The molecule has 0 fully saturated rings. The number of amides is 1. The van der Waals surface area contributed by atoms with Crippen LogP contribution in [0.3, 0.4) is 0 Å². The number of thioether (sulfide) groups is 1. The average molecular weight is 325 g/mol. The van der Waals surface area contributed by atoms with Crippen molar-refractivity contribution in [1.29, 1.82) is 0 Å². The monoisotopic (exact) mass is 325 g/mol. The van der Waals surface area contributed by atoms with Crippen LogP contribution in [-0.4, -0.2) is 34.9 Å². The topological polar surface area (TPSA) is 84.3 Å². The fraction of sp³-hybridized carbons (Fsp3) is 0.533. The first-order valence-corrected chi connectivity index (χ1v) is 8.47. The number of anilines is 1. The Morgan fingerprint density at radius 2 is 2.09 bits per heavy atom. The molecule has 0 aliphatic carbocycles. The second kappa shape index (κ2) is 10.0. The number of rotatable bonds is 10. The molecule has 0 heterocycles. The number of nitro groups is 1. The van der Waals surface area contributed by atoms with Crippen LogP contribution in [0.5, 0.6) is 0 Å². The fourth-order valence-electron chi connectivity index (χ4n) is 1.79. The molecule has 2 N–H and O–H groups in total. The van der Waals surface area contributed by atoms with Crippen LogP contribution in [0.1, 0.15) is 26.7 Å². The van der Waals surface area contributed by atoms with Crippen molar-refractivity contribution in [3.05, 3.63) is 34.4 Å². The number of benzene rings is 1. The van der Waals surface area contributed by atoms with Crippen molar-refractivity contribution in [2.24, 2.45) is 0 Å². The van der Waals surface area contributed by atoms with E-state index in [0.29, 0.717) is 18.8 Å². The summed E-state index contributed by atoms with van der Waals surface area (Å²) in [6.07, 6.45) is 2.24. The largest absolute Gasteiger partial charge is 0.378 e. The van der Waals surface area contributed by atoms with Gasteiger partial charge in [0, 0.05) is 19.2 Å². The van der Waals surface area contributed by atoms with E-state index in [4.69, 9.17) is 0 Å². The molecule has 122 valence electrons. The van der Waals surface area contributed by atoms with Crippen LogP contribution in [0.15, 0.2) is 24.3 Å². The molecule has 0 saturated heterocycles. The highest BCUT2D eigenvalue weighted by molar-refractivity contribution is 8.00. The lowest BCUT2D eigenvalue weighted by Crippen LogP contribution is -2.34. The van der Waals surface area contributed by atoms with Crippen LogP contribution >= 0.6 is 11.8 Å². The summed E-state index contributed by atoms with van der Waals surface area (Å²) in [7, 11) is 0. The number of para-hydroxylation sites is 2. The summed E-state index contributed by atoms with van der Waals surface area (Å²) in [5, 5.41) is 16.6. The van der Waals surface area contributed by atoms with Crippen LogP contribution < -0.4 is 10.6 Å². The van der Waals surface area contributed by atoms with Crippen LogP contribution in [-0.2, 0) is 4.79 Å². The van der Waals surface area contributed by atoms with Gasteiger partial charge in [0.25, 0.3) is 5.69 Å². The molecular weight excluding hydrogens is 302 g/mol. The summed E-state index contributed by atoms with van der Waals surface area (Å²) in [4.78, 5) is 22.3. The molecule has 1 unspecified atom stereocenters. The minimum Gasteiger partial charge on any atom is -0.378 e. The summed E-state index contributed by atoms with van der Waals surface area (Å²) in [6, 6.07) is 6.47. The number of nitro benzene ring substituents is 1. The first-order valence-electron chi connectivity index (χ1n) is 7.42. The highest BCUT2D eigenvalue weighted by Crippen LogP contribution is 2.22. The van der Waals surface area contributed by atoms with Gasteiger partial charge in [-0.15, -0.1) is 11.8 Å². The number of hydrogen-bond acceptors (Lipinski definition) is 5. The summed E-state index contributed by atoms with van der Waals surface area (Å²) in [6.45, 7) is 4.90. The minimum absolute atomic E-state index is 0.00506. The predicted octanol–water partition coefficient (Wildman–Crippen LogP) is 3.04. The highest BCUT2D eigenvalue weighted by Gasteiger charge is 2.13. The van der Waals surface area contributed by atoms with Gasteiger partial charge in [0.2, 0.25) is 5.91 Å². The number of hydrogen-bond donors (Lipinski definition) is 2. The van der Waals surface area contributed by atoms with E-state index >= 15 is 0 Å². The number of nitrogens with zero attached hydrogens (tertiary/aromatic N) is 1. The number of carbonyl (C=O) groups is 1. The lowest BCUT2D eigenvalue weighted by Gasteiger charge is -2.12. The van der Waals surface area contributed by atoms with Crippen molar-refractivity contribution in [1.82, 2.24) is 5.32 Å². The Kier molecular flexibility index (Phi) is 8.35. The van der Waals surface area contributed by atoms with Gasteiger partial charge in [-0.25, -0.2) is 0 Å². The van der Waals surface area contributed by atoms with Crippen molar-refractivity contribution in [3.8, 4) is 0 Å². The standard InChI is InChI=1S/C15H23N3O3S/c1-3-4-11-22-12(2)15(19)17-10-9-16-13-7-5-6-8-14(13)18(20)21/h5-8,12,16H,3-4,9-11H2,1-2H3,(H,17,19). The van der Waals surface area contributed by atoms with Gasteiger partial charge in [-0.3, -0.25) is 14.9 Å². The number of carbonyl (C=O) groups excluding carboxylic acids is 1. The van der Waals surface area contributed by atoms with Gasteiger partial charge in [-0.1, -0.05) is 25.5 Å². The first-order chi connectivity index (χ1) is 10.6. The zero-order chi connectivity index (χ0) is 16.4. The normalized spacial score (nSPS) is 11.7. The second-order valence-electron chi connectivity index (χ2n) is 4.86. The molecule has 0 aromatic heterocycles. The lowest BCUT2D eigenvalue weighted by molar-refractivity contribution is -0.384. The molecule has 6 nitrogen and oxygen atoms in total. The molecule has 0 aliphatic rings. The number of unbranched alkanes of at least 4 members (excludes halogenated alkanes) is 1. The van der Waals surface area contributed by atoms with Crippen LogP contribution in [0, 0.1) is 10.1 Å². The zero-order valence-electron chi connectivity index (χ0n) is 13.0. The Balaban J connectivity index is 2.30. The molecule has 1 rings (SSSR count). The second-order valence-corrected chi connectivity index (χ2v) is 6.31. The summed E-state index contributed by atoms with van der Waals surface area (Å²) < 4.78 is 0. The van der Waals surface area contributed by atoms with E-state index in [1.807, 2.05) is 6.92 Å². The summed E-state index contributed by atoms with van der Waals surface area (Å²) >= 11 is 1.65. The van der Waals surface area contributed by atoms with Gasteiger partial charge in [-0.2, -0.15) is 0 Å². The Morgan fingerprint density at radius 1 is 1.36 bits per heavy atom. The SMILES string of the molecule is CCCCSC(C)C(=O)NCCNc1ccccc1[N+](=O)[O-]. The van der Waals surface area contributed by atoms with Crippen molar-refractivity contribution in [2.75, 3.05) is 24.2 Å². The van der Waals surface area contributed by atoms with Crippen molar-refractivity contribution < 1.29 is 9.72 Å². The minimum atomic E-state index is -0.423. The van der Waals surface area contributed by atoms with E-state index in [-0.39, 0.29) is 16.8 Å². The van der Waals surface area contributed by atoms with Crippen molar-refractivity contribution in [3.63, 3.8) is 0 Å². The van der Waals surface area contributed by atoms with Crippen molar-refractivity contribution in [2.45, 2.75) is 31.9 Å². The van der Waals surface area contributed by atoms with Crippen LogP contribution in [0.2, 0.25) is 0 Å². The van der Waals surface area contributed by atoms with Gasteiger partial charge in [0.15, 0.2) is 0 Å². The summed E-state index contributed by atoms with van der Waals surface area (Å²) in [5.74, 6) is 0.991. The third kappa shape index (κ3) is 6.34. The van der Waals surface area contributed by atoms with Crippen LogP contribution in [0.4, 0.5) is 11.4 Å². The van der Waals surface area contributed by atoms with E-state index in [2.05, 4.69) is 17.6 Å². The Hall–Kier alpha value is -1.76. The van der Waals surface area contributed by atoms with Gasteiger partial charge in [0.1, 0.15) is 5.69 Å². The summed E-state index contributed by atoms with van der Waals surface area (Å²) in [5.41, 5.74) is 0.504. The highest BCUT2D eigenvalue weighted by atomic mass is 32.2. The van der Waals surface area contributed by atoms with Gasteiger partial charge in [0.05, 0.1) is 10.2 Å². The van der Waals surface area contributed by atoms with E-state index in [1.54, 1.807) is 30.0 Å². The van der Waals surface area contributed by atoms with Crippen LogP contribution in [0.25, 0.3) is 0 Å². The molecule has 1 aromatic carbocycles. The molecule has 0 aliphatic heterocycles. The molecule has 7 heteroatoms. The first kappa shape index (κ1) is 18.3. The predicted molar refractivity (Wildman–Crippen MR) is 91.4 cm³/mol. The fourth-order valence-corrected chi connectivity index (χ4v) is 2.83. The molecule has 0 spiro atoms. The lowest BCUT2D eigenvalue weighted by atomic mass is 10.2. The Bertz CT molecular complexity index is 497. The van der Waals surface area contributed by atoms with E-state index < -0.39 is 4.92 Å². The molecule has 0 radical (unpaired) electrons. The van der Waals surface area contributed by atoms with Crippen molar-refractivity contribution >= 4 is 29.0 Å². The maximum absolute atomic E-state index is 11.9. The maximum Gasteiger partial charge on any atom is 0.292 e. The molecular formula is C15H23N3O3S. The van der Waals surface area contributed by atoms with E-state index in [9.17, 15) is 14.9 Å². The van der Waals surface area contributed by atoms with Gasteiger partial charge < -0.3 is 10.6 Å². The Morgan fingerprint density at radius 3 is 2.77 bits per heavy atom. The number of nitrogens with one attached hydrogen (secondary N) is 2. The molecule has 0 bridgehead atoms. The Labute approximate surface area is 135 Å².